The molecule has 1 aromatic heterocycles. The minimum absolute atomic E-state index is 0.0955. The summed E-state index contributed by atoms with van der Waals surface area (Å²) in [6.45, 7) is 0.152. The molecule has 28 heavy (non-hydrogen) atoms. The van der Waals surface area contributed by atoms with Crippen LogP contribution in [0.4, 0.5) is 5.13 Å². The Morgan fingerprint density at radius 3 is 2.46 bits per heavy atom. The minimum atomic E-state index is -0.226. The van der Waals surface area contributed by atoms with Crippen LogP contribution in [0.2, 0.25) is 0 Å². The smallest absolute Gasteiger partial charge is 0.233 e. The summed E-state index contributed by atoms with van der Waals surface area (Å²) >= 11 is 1.44. The summed E-state index contributed by atoms with van der Waals surface area (Å²) < 4.78 is 0. The van der Waals surface area contributed by atoms with Crippen LogP contribution in [0.3, 0.4) is 0 Å². The maximum absolute atomic E-state index is 12.5. The number of hydrogen-bond acceptors (Lipinski definition) is 5. The van der Waals surface area contributed by atoms with Crippen LogP contribution in [0.15, 0.2) is 36.5 Å². The highest BCUT2D eigenvalue weighted by Gasteiger charge is 2.47. The van der Waals surface area contributed by atoms with Gasteiger partial charge in [0.05, 0.1) is 11.8 Å². The van der Waals surface area contributed by atoms with Gasteiger partial charge in [0.2, 0.25) is 17.7 Å². The number of nitrogens with one attached hydrogen (secondary N) is 1. The summed E-state index contributed by atoms with van der Waals surface area (Å²) in [5.41, 5.74) is 1.19. The second-order valence-corrected chi connectivity index (χ2v) is 8.53. The molecule has 0 unspecified atom stereocenters. The summed E-state index contributed by atoms with van der Waals surface area (Å²) in [6, 6.07) is 10.1. The van der Waals surface area contributed by atoms with Gasteiger partial charge < -0.3 is 5.32 Å². The zero-order valence-electron chi connectivity index (χ0n) is 15.6. The molecule has 1 N–H and O–H groups in total. The second-order valence-electron chi connectivity index (χ2n) is 7.42. The molecule has 2 heterocycles. The Kier molecular flexibility index (Phi) is 5.52. The molecule has 2 aromatic rings. The first kappa shape index (κ1) is 18.8. The number of benzene rings is 1. The van der Waals surface area contributed by atoms with Crippen molar-refractivity contribution < 1.29 is 14.4 Å². The van der Waals surface area contributed by atoms with E-state index in [1.54, 1.807) is 6.20 Å². The molecule has 1 aromatic carbocycles. The van der Waals surface area contributed by atoms with E-state index in [2.05, 4.69) is 22.4 Å². The summed E-state index contributed by atoms with van der Waals surface area (Å²) in [7, 11) is 0. The zero-order chi connectivity index (χ0) is 19.5. The standard InChI is InChI=1S/C21H23N3O3S/c25-18(10-11-24-19(26)16-8-4-5-9-17(16)20(24)27)23-21-22-13-15(28-21)12-14-6-2-1-3-7-14/h1-3,6-7,13,16-17H,4-5,8-12H2,(H,22,23,25)/t16-,17-/m1/s1. The number of thiazole rings is 1. The number of hydrogen-bond donors (Lipinski definition) is 1. The van der Waals surface area contributed by atoms with Crippen LogP contribution in [0.5, 0.6) is 0 Å². The van der Waals surface area contributed by atoms with Gasteiger partial charge >= 0.3 is 0 Å². The van der Waals surface area contributed by atoms with E-state index in [9.17, 15) is 14.4 Å². The van der Waals surface area contributed by atoms with Crippen molar-refractivity contribution in [2.45, 2.75) is 38.5 Å². The molecule has 0 radical (unpaired) electrons. The maximum Gasteiger partial charge on any atom is 0.233 e. The molecule has 1 aliphatic carbocycles. The molecular weight excluding hydrogens is 374 g/mol. The summed E-state index contributed by atoms with van der Waals surface area (Å²) in [5.74, 6) is -0.743. The number of anilines is 1. The normalized spacial score (nSPS) is 21.6. The van der Waals surface area contributed by atoms with Crippen LogP contribution in [0.25, 0.3) is 0 Å². The number of likely N-dealkylation sites (tertiary alicyclic amines) is 1. The SMILES string of the molecule is O=C(CCN1C(=O)[C@@H]2CCCC[C@H]2C1=O)Nc1ncc(Cc2ccccc2)s1. The first-order valence-electron chi connectivity index (χ1n) is 9.75. The number of imide groups is 1. The molecule has 1 aliphatic heterocycles. The van der Waals surface area contributed by atoms with Crippen molar-refractivity contribution in [3.05, 3.63) is 47.0 Å². The Morgan fingerprint density at radius 1 is 1.11 bits per heavy atom. The summed E-state index contributed by atoms with van der Waals surface area (Å²) in [4.78, 5) is 43.8. The number of fused-ring (bicyclic) bond motifs is 1. The van der Waals surface area contributed by atoms with Crippen molar-refractivity contribution in [2.24, 2.45) is 11.8 Å². The summed E-state index contributed by atoms with van der Waals surface area (Å²) in [5, 5.41) is 3.33. The van der Waals surface area contributed by atoms with E-state index in [1.165, 1.54) is 21.8 Å². The third-order valence-corrected chi connectivity index (χ3v) is 6.43. The molecule has 6 nitrogen and oxygen atoms in total. The van der Waals surface area contributed by atoms with Crippen molar-refractivity contribution in [1.82, 2.24) is 9.88 Å². The quantitative estimate of drug-likeness (QED) is 0.759. The van der Waals surface area contributed by atoms with E-state index in [-0.39, 0.29) is 42.5 Å². The lowest BCUT2D eigenvalue weighted by Crippen LogP contribution is -2.34. The van der Waals surface area contributed by atoms with Gasteiger partial charge in [-0.3, -0.25) is 19.3 Å². The highest BCUT2D eigenvalue weighted by Crippen LogP contribution is 2.38. The van der Waals surface area contributed by atoms with Crippen LogP contribution in [-0.4, -0.2) is 34.2 Å². The van der Waals surface area contributed by atoms with Gasteiger partial charge in [0.1, 0.15) is 0 Å². The molecular formula is C21H23N3O3S. The van der Waals surface area contributed by atoms with Gasteiger partial charge in [-0.25, -0.2) is 4.98 Å². The first-order valence-corrected chi connectivity index (χ1v) is 10.6. The molecule has 2 atom stereocenters. The van der Waals surface area contributed by atoms with E-state index in [0.717, 1.165) is 37.0 Å². The van der Waals surface area contributed by atoms with Crippen molar-refractivity contribution in [3.63, 3.8) is 0 Å². The Hall–Kier alpha value is -2.54. The van der Waals surface area contributed by atoms with Gasteiger partial charge in [-0.2, -0.15) is 0 Å². The number of carbonyl (C=O) groups is 3. The lowest BCUT2D eigenvalue weighted by atomic mass is 9.81. The third kappa shape index (κ3) is 3.99. The van der Waals surface area contributed by atoms with Gasteiger partial charge in [-0.1, -0.05) is 43.2 Å². The van der Waals surface area contributed by atoms with E-state index >= 15 is 0 Å². The van der Waals surface area contributed by atoms with Crippen LogP contribution in [-0.2, 0) is 20.8 Å². The van der Waals surface area contributed by atoms with Crippen molar-refractivity contribution in [2.75, 3.05) is 11.9 Å². The molecule has 146 valence electrons. The van der Waals surface area contributed by atoms with E-state index in [1.807, 2.05) is 18.2 Å². The van der Waals surface area contributed by atoms with Crippen LogP contribution >= 0.6 is 11.3 Å². The molecule has 4 rings (SSSR count). The fourth-order valence-corrected chi connectivity index (χ4v) is 4.95. The topological polar surface area (TPSA) is 79.4 Å². The Morgan fingerprint density at radius 2 is 1.79 bits per heavy atom. The predicted molar refractivity (Wildman–Crippen MR) is 107 cm³/mol. The van der Waals surface area contributed by atoms with Gasteiger partial charge in [-0.15, -0.1) is 11.3 Å². The van der Waals surface area contributed by atoms with Gasteiger partial charge in [0.15, 0.2) is 5.13 Å². The highest BCUT2D eigenvalue weighted by atomic mass is 32.1. The second kappa shape index (κ2) is 8.22. The maximum atomic E-state index is 12.5. The Bertz CT molecular complexity index is 856. The minimum Gasteiger partial charge on any atom is -0.302 e. The molecule has 0 spiro atoms. The fraction of sp³-hybridized carbons (Fsp3) is 0.429. The van der Waals surface area contributed by atoms with Crippen LogP contribution < -0.4 is 5.32 Å². The first-order chi connectivity index (χ1) is 13.6. The lowest BCUT2D eigenvalue weighted by molar-refractivity contribution is -0.140. The van der Waals surface area contributed by atoms with Gasteiger partial charge in [-0.05, 0) is 18.4 Å². The Balaban J connectivity index is 1.29. The molecule has 1 saturated carbocycles. The zero-order valence-corrected chi connectivity index (χ0v) is 16.4. The van der Waals surface area contributed by atoms with E-state index in [4.69, 9.17) is 0 Å². The summed E-state index contributed by atoms with van der Waals surface area (Å²) in [6.07, 6.45) is 6.24. The lowest BCUT2D eigenvalue weighted by Gasteiger charge is -2.19. The molecule has 0 bridgehead atoms. The molecule has 2 aliphatic rings. The average Bonchev–Trinajstić information content (AvgIpc) is 3.24. The number of carbonyl (C=O) groups excluding carboxylic acids is 3. The molecule has 1 saturated heterocycles. The third-order valence-electron chi connectivity index (χ3n) is 5.52. The van der Waals surface area contributed by atoms with Crippen LogP contribution in [0, 0.1) is 11.8 Å². The van der Waals surface area contributed by atoms with Crippen molar-refractivity contribution in [1.29, 1.82) is 0 Å². The monoisotopic (exact) mass is 397 g/mol. The largest absolute Gasteiger partial charge is 0.302 e. The molecule has 3 amide bonds. The van der Waals surface area contributed by atoms with E-state index < -0.39 is 0 Å². The number of amides is 3. The van der Waals surface area contributed by atoms with Crippen molar-refractivity contribution in [3.8, 4) is 0 Å². The van der Waals surface area contributed by atoms with Gasteiger partial charge in [0, 0.05) is 30.5 Å². The number of aromatic nitrogens is 1. The number of nitrogens with zero attached hydrogens (tertiary/aromatic N) is 2. The highest BCUT2D eigenvalue weighted by molar-refractivity contribution is 7.15. The fourth-order valence-electron chi connectivity index (χ4n) is 4.09. The van der Waals surface area contributed by atoms with E-state index in [0.29, 0.717) is 5.13 Å². The molecule has 2 fully saturated rings. The van der Waals surface area contributed by atoms with Crippen LogP contribution in [0.1, 0.15) is 42.5 Å². The van der Waals surface area contributed by atoms with Crippen molar-refractivity contribution >= 4 is 34.2 Å². The Labute approximate surface area is 168 Å². The predicted octanol–water partition coefficient (Wildman–Crippen LogP) is 3.24. The number of rotatable bonds is 6. The molecule has 7 heteroatoms. The van der Waals surface area contributed by atoms with Gasteiger partial charge in [0.25, 0.3) is 0 Å². The average molecular weight is 398 g/mol.